The molecule has 0 spiro atoms. The molecule has 0 aliphatic heterocycles. The van der Waals surface area contributed by atoms with Crippen molar-refractivity contribution in [3.8, 4) is 0 Å². The number of anilines is 1. The Labute approximate surface area is 109 Å². The molecule has 18 heavy (non-hydrogen) atoms. The Morgan fingerprint density at radius 3 is 2.72 bits per heavy atom. The number of methoxy groups -OCH3 is 2. The highest BCUT2D eigenvalue weighted by atomic mass is 16.5. The summed E-state index contributed by atoms with van der Waals surface area (Å²) in [5.41, 5.74) is 2.31. The minimum Gasteiger partial charge on any atom is -0.385 e. The van der Waals surface area contributed by atoms with E-state index in [1.54, 1.807) is 14.2 Å². The van der Waals surface area contributed by atoms with E-state index in [4.69, 9.17) is 14.2 Å². The molecule has 0 unspecified atom stereocenters. The fraction of sp³-hybridized carbons (Fsp3) is 0.571. The van der Waals surface area contributed by atoms with Crippen LogP contribution in [0.2, 0.25) is 0 Å². The van der Waals surface area contributed by atoms with Crippen molar-refractivity contribution < 1.29 is 14.2 Å². The molecule has 0 fully saturated rings. The minimum absolute atomic E-state index is 0.648. The molecule has 0 bridgehead atoms. The van der Waals surface area contributed by atoms with E-state index in [1.165, 1.54) is 5.56 Å². The van der Waals surface area contributed by atoms with Gasteiger partial charge in [-0.05, 0) is 24.1 Å². The molecule has 0 amide bonds. The lowest BCUT2D eigenvalue weighted by Gasteiger charge is -2.08. The molecule has 0 saturated heterocycles. The lowest BCUT2D eigenvalue weighted by Crippen LogP contribution is -2.08. The molecule has 0 atom stereocenters. The zero-order valence-corrected chi connectivity index (χ0v) is 11.3. The smallest absolute Gasteiger partial charge is 0.0713 e. The first-order valence-corrected chi connectivity index (χ1v) is 6.25. The summed E-state index contributed by atoms with van der Waals surface area (Å²) >= 11 is 0. The molecule has 0 heterocycles. The van der Waals surface area contributed by atoms with Crippen molar-refractivity contribution >= 4 is 5.69 Å². The van der Waals surface area contributed by atoms with Crippen molar-refractivity contribution in [2.24, 2.45) is 0 Å². The number of nitrogens with one attached hydrogen (secondary N) is 1. The Balaban J connectivity index is 2.13. The van der Waals surface area contributed by atoms with Crippen LogP contribution in [0.1, 0.15) is 12.0 Å². The molecule has 0 aliphatic carbocycles. The van der Waals surface area contributed by atoms with Crippen LogP contribution in [-0.2, 0) is 20.8 Å². The van der Waals surface area contributed by atoms with Gasteiger partial charge < -0.3 is 19.5 Å². The molecule has 1 N–H and O–H groups in total. The van der Waals surface area contributed by atoms with Gasteiger partial charge in [0, 0.05) is 33.1 Å². The maximum Gasteiger partial charge on any atom is 0.0713 e. The van der Waals surface area contributed by atoms with Crippen LogP contribution >= 0.6 is 0 Å². The van der Waals surface area contributed by atoms with E-state index in [9.17, 15) is 0 Å². The summed E-state index contributed by atoms with van der Waals surface area (Å²) in [6.07, 6.45) is 0.984. The van der Waals surface area contributed by atoms with Crippen molar-refractivity contribution in [1.82, 2.24) is 0 Å². The van der Waals surface area contributed by atoms with E-state index in [-0.39, 0.29) is 0 Å². The first kappa shape index (κ1) is 15.0. The molecule has 0 aromatic heterocycles. The van der Waals surface area contributed by atoms with Gasteiger partial charge in [0.25, 0.3) is 0 Å². The fourth-order valence-corrected chi connectivity index (χ4v) is 1.59. The molecule has 1 aromatic rings. The second kappa shape index (κ2) is 9.88. The number of hydrogen-bond acceptors (Lipinski definition) is 4. The monoisotopic (exact) mass is 253 g/mol. The van der Waals surface area contributed by atoms with Crippen LogP contribution in [0.3, 0.4) is 0 Å². The van der Waals surface area contributed by atoms with Gasteiger partial charge in [0.2, 0.25) is 0 Å². The normalized spacial score (nSPS) is 10.6. The SMILES string of the molecule is COCCOCCCNc1cccc(COC)c1. The maximum absolute atomic E-state index is 5.39. The van der Waals surface area contributed by atoms with Gasteiger partial charge in [0.15, 0.2) is 0 Å². The van der Waals surface area contributed by atoms with Crippen molar-refractivity contribution in [2.45, 2.75) is 13.0 Å². The first-order chi connectivity index (χ1) is 8.86. The number of ether oxygens (including phenoxy) is 3. The molecule has 1 rings (SSSR count). The van der Waals surface area contributed by atoms with Gasteiger partial charge in [0.05, 0.1) is 19.8 Å². The van der Waals surface area contributed by atoms with Crippen LogP contribution in [0.5, 0.6) is 0 Å². The standard InChI is InChI=1S/C14H23NO3/c1-16-9-10-18-8-4-7-15-14-6-3-5-13(11-14)12-17-2/h3,5-6,11,15H,4,7-10,12H2,1-2H3. The zero-order valence-electron chi connectivity index (χ0n) is 11.3. The minimum atomic E-state index is 0.648. The molecule has 4 nitrogen and oxygen atoms in total. The van der Waals surface area contributed by atoms with E-state index in [2.05, 4.69) is 23.5 Å². The summed E-state index contributed by atoms with van der Waals surface area (Å²) < 4.78 is 15.4. The third-order valence-electron chi connectivity index (χ3n) is 2.46. The average Bonchev–Trinajstić information content (AvgIpc) is 2.39. The third kappa shape index (κ3) is 6.59. The molecular formula is C14H23NO3. The Kier molecular flexibility index (Phi) is 8.21. The van der Waals surface area contributed by atoms with E-state index >= 15 is 0 Å². The van der Waals surface area contributed by atoms with Crippen molar-refractivity contribution in [3.63, 3.8) is 0 Å². The molecule has 102 valence electrons. The molecule has 0 saturated carbocycles. The van der Waals surface area contributed by atoms with Crippen molar-refractivity contribution in [1.29, 1.82) is 0 Å². The number of hydrogen-bond donors (Lipinski definition) is 1. The van der Waals surface area contributed by atoms with E-state index in [0.29, 0.717) is 19.8 Å². The Bertz CT molecular complexity index is 318. The maximum atomic E-state index is 5.39. The fourth-order valence-electron chi connectivity index (χ4n) is 1.59. The van der Waals surface area contributed by atoms with Gasteiger partial charge >= 0.3 is 0 Å². The van der Waals surface area contributed by atoms with Crippen molar-refractivity contribution in [2.75, 3.05) is 45.9 Å². The van der Waals surface area contributed by atoms with E-state index in [0.717, 1.165) is 25.3 Å². The van der Waals surface area contributed by atoms with Gasteiger partial charge in [0.1, 0.15) is 0 Å². The lowest BCUT2D eigenvalue weighted by atomic mass is 10.2. The van der Waals surface area contributed by atoms with Crippen LogP contribution in [0.25, 0.3) is 0 Å². The van der Waals surface area contributed by atoms with Gasteiger partial charge in [-0.1, -0.05) is 12.1 Å². The van der Waals surface area contributed by atoms with Gasteiger partial charge in [-0.15, -0.1) is 0 Å². The summed E-state index contributed by atoms with van der Waals surface area (Å²) in [5.74, 6) is 0. The second-order valence-corrected chi connectivity index (χ2v) is 4.02. The number of benzene rings is 1. The summed E-state index contributed by atoms with van der Waals surface area (Å²) in [6, 6.07) is 8.26. The van der Waals surface area contributed by atoms with Gasteiger partial charge in [-0.3, -0.25) is 0 Å². The van der Waals surface area contributed by atoms with E-state index < -0.39 is 0 Å². The van der Waals surface area contributed by atoms with Gasteiger partial charge in [-0.25, -0.2) is 0 Å². The van der Waals surface area contributed by atoms with Crippen molar-refractivity contribution in [3.05, 3.63) is 29.8 Å². The molecule has 4 heteroatoms. The first-order valence-electron chi connectivity index (χ1n) is 6.25. The summed E-state index contributed by atoms with van der Waals surface area (Å²) in [5, 5.41) is 3.37. The highest BCUT2D eigenvalue weighted by Crippen LogP contribution is 2.11. The van der Waals surface area contributed by atoms with Crippen LogP contribution in [0, 0.1) is 0 Å². The highest BCUT2D eigenvalue weighted by molar-refractivity contribution is 5.45. The summed E-state index contributed by atoms with van der Waals surface area (Å²) in [7, 11) is 3.38. The van der Waals surface area contributed by atoms with E-state index in [1.807, 2.05) is 6.07 Å². The van der Waals surface area contributed by atoms with Crippen LogP contribution in [0.4, 0.5) is 5.69 Å². The number of rotatable bonds is 10. The predicted molar refractivity (Wildman–Crippen MR) is 73.0 cm³/mol. The van der Waals surface area contributed by atoms with Crippen LogP contribution in [0.15, 0.2) is 24.3 Å². The topological polar surface area (TPSA) is 39.7 Å². The Morgan fingerprint density at radius 2 is 1.94 bits per heavy atom. The zero-order chi connectivity index (χ0) is 13.1. The summed E-state index contributed by atoms with van der Waals surface area (Å²) in [6.45, 7) is 3.64. The highest BCUT2D eigenvalue weighted by Gasteiger charge is 1.95. The summed E-state index contributed by atoms with van der Waals surface area (Å²) in [4.78, 5) is 0. The largest absolute Gasteiger partial charge is 0.385 e. The van der Waals surface area contributed by atoms with Gasteiger partial charge in [-0.2, -0.15) is 0 Å². The quantitative estimate of drug-likeness (QED) is 0.649. The predicted octanol–water partition coefficient (Wildman–Crippen LogP) is 2.30. The lowest BCUT2D eigenvalue weighted by molar-refractivity contribution is 0.0705. The third-order valence-corrected chi connectivity index (χ3v) is 2.46. The Morgan fingerprint density at radius 1 is 1.06 bits per heavy atom. The molecule has 0 aliphatic rings. The molecular weight excluding hydrogens is 230 g/mol. The van der Waals surface area contributed by atoms with Crippen LogP contribution < -0.4 is 5.32 Å². The molecule has 0 radical (unpaired) electrons. The second-order valence-electron chi connectivity index (χ2n) is 4.02. The Hall–Kier alpha value is -1.10. The molecule has 1 aromatic carbocycles. The average molecular weight is 253 g/mol. The van der Waals surface area contributed by atoms with Crippen LogP contribution in [-0.4, -0.2) is 40.6 Å².